The van der Waals surface area contributed by atoms with Crippen LogP contribution in [0.5, 0.6) is 5.75 Å². The van der Waals surface area contributed by atoms with E-state index in [0.717, 1.165) is 65.9 Å². The molecule has 0 N–H and O–H groups in total. The van der Waals surface area contributed by atoms with E-state index in [-0.39, 0.29) is 5.91 Å². The molecule has 1 aliphatic rings. The Morgan fingerprint density at radius 2 is 2.03 bits per heavy atom. The molecule has 1 amide bonds. The van der Waals surface area contributed by atoms with Gasteiger partial charge in [-0.2, -0.15) is 0 Å². The lowest BCUT2D eigenvalue weighted by Gasteiger charge is -2.29. The van der Waals surface area contributed by atoms with Crippen molar-refractivity contribution in [1.82, 2.24) is 19.7 Å². The number of carbonyl (C=O) groups excluding carboxylic acids is 1. The number of benzene rings is 1. The number of aryl methyl sites for hydroxylation is 1. The van der Waals surface area contributed by atoms with Gasteiger partial charge in [0.15, 0.2) is 11.0 Å². The average molecular weight is 424 g/mol. The lowest BCUT2D eigenvalue weighted by Crippen LogP contribution is -2.36. The fraction of sp³-hybridized carbons (Fsp3) is 0.364. The van der Waals surface area contributed by atoms with Gasteiger partial charge in [0.1, 0.15) is 5.75 Å². The maximum Gasteiger partial charge on any atom is 0.237 e. The van der Waals surface area contributed by atoms with Gasteiger partial charge in [-0.3, -0.25) is 9.78 Å². The SMILES string of the molecule is CCCn1c(SCC(=O)N2CCCc3cc(OC)ccc32)nnc1-c1ccncc1. The van der Waals surface area contributed by atoms with Crippen LogP contribution in [0.15, 0.2) is 47.9 Å². The normalized spacial score (nSPS) is 13.2. The Labute approximate surface area is 180 Å². The Hall–Kier alpha value is -2.87. The summed E-state index contributed by atoms with van der Waals surface area (Å²) >= 11 is 1.44. The van der Waals surface area contributed by atoms with E-state index in [1.807, 2.05) is 35.2 Å². The molecule has 0 fully saturated rings. The number of pyridine rings is 1. The van der Waals surface area contributed by atoms with Gasteiger partial charge in [-0.05, 0) is 55.2 Å². The van der Waals surface area contributed by atoms with Gasteiger partial charge in [-0.1, -0.05) is 18.7 Å². The second-order valence-electron chi connectivity index (χ2n) is 7.13. The Morgan fingerprint density at radius 1 is 1.20 bits per heavy atom. The van der Waals surface area contributed by atoms with Crippen LogP contribution >= 0.6 is 11.8 Å². The van der Waals surface area contributed by atoms with Crippen LogP contribution in [0.3, 0.4) is 0 Å². The molecule has 0 saturated heterocycles. The molecule has 30 heavy (non-hydrogen) atoms. The van der Waals surface area contributed by atoms with E-state index in [1.54, 1.807) is 19.5 Å². The lowest BCUT2D eigenvalue weighted by molar-refractivity contribution is -0.116. The molecule has 0 saturated carbocycles. The molecule has 0 radical (unpaired) electrons. The Bertz CT molecular complexity index is 1020. The summed E-state index contributed by atoms with van der Waals surface area (Å²) in [5.74, 6) is 2.05. The Kier molecular flexibility index (Phi) is 6.32. The second kappa shape index (κ2) is 9.30. The minimum atomic E-state index is 0.0858. The summed E-state index contributed by atoms with van der Waals surface area (Å²) in [6, 6.07) is 9.78. The van der Waals surface area contributed by atoms with Gasteiger partial charge in [0.05, 0.1) is 12.9 Å². The van der Waals surface area contributed by atoms with Gasteiger partial charge < -0.3 is 14.2 Å². The molecule has 1 aliphatic heterocycles. The third-order valence-corrected chi connectivity index (χ3v) is 6.09. The third kappa shape index (κ3) is 4.18. The summed E-state index contributed by atoms with van der Waals surface area (Å²) in [4.78, 5) is 19.0. The van der Waals surface area contributed by atoms with Crippen molar-refractivity contribution in [2.45, 2.75) is 37.9 Å². The van der Waals surface area contributed by atoms with E-state index in [1.165, 1.54) is 11.8 Å². The topological polar surface area (TPSA) is 73.1 Å². The zero-order valence-corrected chi connectivity index (χ0v) is 18.1. The van der Waals surface area contributed by atoms with Crippen LogP contribution in [0.4, 0.5) is 5.69 Å². The summed E-state index contributed by atoms with van der Waals surface area (Å²) in [5, 5.41) is 9.51. The molecule has 8 heteroatoms. The molecule has 0 bridgehead atoms. The highest BCUT2D eigenvalue weighted by atomic mass is 32.2. The van der Waals surface area contributed by atoms with Crippen molar-refractivity contribution in [3.05, 3.63) is 48.3 Å². The molecule has 7 nitrogen and oxygen atoms in total. The quantitative estimate of drug-likeness (QED) is 0.538. The summed E-state index contributed by atoms with van der Waals surface area (Å²) in [5.41, 5.74) is 3.12. The molecule has 0 spiro atoms. The van der Waals surface area contributed by atoms with Crippen LogP contribution in [0, 0.1) is 0 Å². The van der Waals surface area contributed by atoms with Crippen molar-refractivity contribution < 1.29 is 9.53 Å². The first-order chi connectivity index (χ1) is 14.7. The number of methoxy groups -OCH3 is 1. The number of nitrogens with zero attached hydrogens (tertiary/aromatic N) is 5. The molecule has 2 aromatic heterocycles. The van der Waals surface area contributed by atoms with E-state index in [0.29, 0.717) is 5.75 Å². The van der Waals surface area contributed by atoms with Crippen molar-refractivity contribution in [3.8, 4) is 17.1 Å². The maximum atomic E-state index is 13.0. The standard InChI is InChI=1S/C22H25N5O2S/c1-3-12-27-21(16-8-10-23-11-9-16)24-25-22(27)30-15-20(28)26-13-4-5-17-14-18(29-2)6-7-19(17)26/h6-11,14H,3-5,12-13,15H2,1-2H3. The first-order valence-electron chi connectivity index (χ1n) is 10.1. The molecule has 0 aliphatic carbocycles. The predicted octanol–water partition coefficient (Wildman–Crippen LogP) is 3.83. The summed E-state index contributed by atoms with van der Waals surface area (Å²) in [6.45, 7) is 3.66. The van der Waals surface area contributed by atoms with Gasteiger partial charge in [0, 0.05) is 36.7 Å². The summed E-state index contributed by atoms with van der Waals surface area (Å²) in [6.07, 6.45) is 6.37. The number of aromatic nitrogens is 4. The zero-order valence-electron chi connectivity index (χ0n) is 17.2. The van der Waals surface area contributed by atoms with Crippen LogP contribution in [0.25, 0.3) is 11.4 Å². The van der Waals surface area contributed by atoms with Gasteiger partial charge in [-0.25, -0.2) is 0 Å². The number of hydrogen-bond donors (Lipinski definition) is 0. The smallest absolute Gasteiger partial charge is 0.237 e. The largest absolute Gasteiger partial charge is 0.497 e. The number of fused-ring (bicyclic) bond motifs is 1. The fourth-order valence-corrected chi connectivity index (χ4v) is 4.54. The second-order valence-corrected chi connectivity index (χ2v) is 8.07. The number of rotatable bonds is 7. The number of thioether (sulfide) groups is 1. The fourth-order valence-electron chi connectivity index (χ4n) is 3.70. The number of carbonyl (C=O) groups is 1. The zero-order chi connectivity index (χ0) is 20.9. The lowest BCUT2D eigenvalue weighted by atomic mass is 10.0. The van der Waals surface area contributed by atoms with Gasteiger partial charge in [0.25, 0.3) is 0 Å². The third-order valence-electron chi connectivity index (χ3n) is 5.13. The highest BCUT2D eigenvalue weighted by molar-refractivity contribution is 7.99. The minimum absolute atomic E-state index is 0.0858. The molecule has 3 aromatic rings. The van der Waals surface area contributed by atoms with Gasteiger partial charge in [0.2, 0.25) is 5.91 Å². The van der Waals surface area contributed by atoms with Gasteiger partial charge >= 0.3 is 0 Å². The van der Waals surface area contributed by atoms with E-state index < -0.39 is 0 Å². The Morgan fingerprint density at radius 3 is 2.80 bits per heavy atom. The van der Waals surface area contributed by atoms with E-state index in [2.05, 4.69) is 26.7 Å². The molecule has 0 atom stereocenters. The molecule has 4 rings (SSSR count). The maximum absolute atomic E-state index is 13.0. The van der Waals surface area contributed by atoms with E-state index in [4.69, 9.17) is 4.74 Å². The number of ether oxygens (including phenoxy) is 1. The van der Waals surface area contributed by atoms with Crippen LogP contribution in [-0.4, -0.2) is 45.1 Å². The molecular weight excluding hydrogens is 398 g/mol. The monoisotopic (exact) mass is 423 g/mol. The van der Waals surface area contributed by atoms with Crippen LogP contribution in [0.2, 0.25) is 0 Å². The van der Waals surface area contributed by atoms with Crippen LogP contribution in [0.1, 0.15) is 25.3 Å². The molecule has 156 valence electrons. The first-order valence-corrected chi connectivity index (χ1v) is 11.1. The number of anilines is 1. The molecular formula is C22H25N5O2S. The van der Waals surface area contributed by atoms with Crippen molar-refractivity contribution in [2.24, 2.45) is 0 Å². The average Bonchev–Trinajstić information content (AvgIpc) is 3.20. The van der Waals surface area contributed by atoms with E-state index in [9.17, 15) is 4.79 Å². The van der Waals surface area contributed by atoms with Crippen LogP contribution in [-0.2, 0) is 17.8 Å². The predicted molar refractivity (Wildman–Crippen MR) is 118 cm³/mol. The number of amides is 1. The summed E-state index contributed by atoms with van der Waals surface area (Å²) < 4.78 is 7.41. The van der Waals surface area contributed by atoms with Crippen molar-refractivity contribution in [1.29, 1.82) is 0 Å². The minimum Gasteiger partial charge on any atom is -0.497 e. The highest BCUT2D eigenvalue weighted by Crippen LogP contribution is 2.31. The van der Waals surface area contributed by atoms with Crippen molar-refractivity contribution in [3.63, 3.8) is 0 Å². The molecule has 3 heterocycles. The molecule has 1 aromatic carbocycles. The first kappa shape index (κ1) is 20.4. The van der Waals surface area contributed by atoms with E-state index >= 15 is 0 Å². The van der Waals surface area contributed by atoms with Crippen LogP contribution < -0.4 is 9.64 Å². The van der Waals surface area contributed by atoms with Crippen molar-refractivity contribution >= 4 is 23.4 Å². The highest BCUT2D eigenvalue weighted by Gasteiger charge is 2.24. The molecule has 0 unspecified atom stereocenters. The Balaban J connectivity index is 1.51. The van der Waals surface area contributed by atoms with Gasteiger partial charge in [-0.15, -0.1) is 10.2 Å². The number of hydrogen-bond acceptors (Lipinski definition) is 6. The summed E-state index contributed by atoms with van der Waals surface area (Å²) in [7, 11) is 1.66. The van der Waals surface area contributed by atoms with Crippen molar-refractivity contribution in [2.75, 3.05) is 24.3 Å².